The Bertz CT molecular complexity index is 597. The number of likely N-dealkylation sites (N-methyl/N-ethyl adjacent to an activating group) is 1. The van der Waals surface area contributed by atoms with Gasteiger partial charge in [0.1, 0.15) is 12.1 Å². The molecule has 0 aliphatic carbocycles. The summed E-state index contributed by atoms with van der Waals surface area (Å²) in [5, 5.41) is 5.62. The Balaban J connectivity index is 2.60. The van der Waals surface area contributed by atoms with Crippen molar-refractivity contribution in [3.8, 4) is 0 Å². The first-order valence-corrected chi connectivity index (χ1v) is 12.8. The van der Waals surface area contributed by atoms with Crippen LogP contribution in [0.4, 0.5) is 0 Å². The van der Waals surface area contributed by atoms with Gasteiger partial charge in [-0.2, -0.15) is 0 Å². The minimum atomic E-state index is -1.06. The van der Waals surface area contributed by atoms with Crippen LogP contribution in [-0.4, -0.2) is 64.5 Å². The SMILES string of the molecule is C=CCCCCCCCC(=O)N(C)[C@@H](CC[S@@](C)=O)C(=O)N[C@H]1CCCCNC1=O. The smallest absolute Gasteiger partial charge is 0.243 e. The van der Waals surface area contributed by atoms with Crippen LogP contribution in [0.3, 0.4) is 0 Å². The molecule has 0 aromatic heterocycles. The van der Waals surface area contributed by atoms with Crippen molar-refractivity contribution in [1.82, 2.24) is 15.5 Å². The Kier molecular flexibility index (Phi) is 13.3. The van der Waals surface area contributed by atoms with Crippen molar-refractivity contribution in [2.24, 2.45) is 0 Å². The number of hydrogen-bond donors (Lipinski definition) is 2. The predicted molar refractivity (Wildman–Crippen MR) is 121 cm³/mol. The topological polar surface area (TPSA) is 95.6 Å². The molecule has 0 bridgehead atoms. The molecule has 0 spiro atoms. The van der Waals surface area contributed by atoms with E-state index in [2.05, 4.69) is 17.2 Å². The van der Waals surface area contributed by atoms with Gasteiger partial charge in [0.15, 0.2) is 0 Å². The fraction of sp³-hybridized carbons (Fsp3) is 0.773. The van der Waals surface area contributed by atoms with Crippen molar-refractivity contribution in [3.63, 3.8) is 0 Å². The molecule has 1 heterocycles. The Morgan fingerprint density at radius 1 is 1.27 bits per heavy atom. The highest BCUT2D eigenvalue weighted by molar-refractivity contribution is 7.84. The van der Waals surface area contributed by atoms with Crippen molar-refractivity contribution >= 4 is 28.5 Å². The Morgan fingerprint density at radius 3 is 2.67 bits per heavy atom. The van der Waals surface area contributed by atoms with Gasteiger partial charge in [0, 0.05) is 42.8 Å². The molecule has 0 aromatic rings. The van der Waals surface area contributed by atoms with Crippen LogP contribution in [-0.2, 0) is 25.2 Å². The van der Waals surface area contributed by atoms with Gasteiger partial charge in [-0.15, -0.1) is 6.58 Å². The predicted octanol–water partition coefficient (Wildman–Crippen LogP) is 2.28. The molecule has 1 aliphatic rings. The van der Waals surface area contributed by atoms with Crippen molar-refractivity contribution in [2.75, 3.05) is 25.6 Å². The van der Waals surface area contributed by atoms with E-state index >= 15 is 0 Å². The maximum atomic E-state index is 12.9. The van der Waals surface area contributed by atoms with E-state index in [1.165, 1.54) is 4.90 Å². The summed E-state index contributed by atoms with van der Waals surface area (Å²) in [6, 6.07) is -1.29. The minimum Gasteiger partial charge on any atom is -0.354 e. The third-order valence-electron chi connectivity index (χ3n) is 5.49. The van der Waals surface area contributed by atoms with Crippen LogP contribution in [0.1, 0.15) is 70.6 Å². The lowest BCUT2D eigenvalue weighted by molar-refractivity contribution is -0.140. The maximum absolute atomic E-state index is 12.9. The van der Waals surface area contributed by atoms with E-state index in [1.54, 1.807) is 13.3 Å². The number of allylic oxidation sites excluding steroid dienone is 1. The monoisotopic (exact) mass is 441 g/mol. The summed E-state index contributed by atoms with van der Waals surface area (Å²) in [5.41, 5.74) is 0. The van der Waals surface area contributed by atoms with Crippen molar-refractivity contribution in [2.45, 2.75) is 82.7 Å². The summed E-state index contributed by atoms with van der Waals surface area (Å²) in [5.74, 6) is -0.282. The lowest BCUT2D eigenvalue weighted by Gasteiger charge is -2.29. The standard InChI is InChI=1S/C22H39N3O4S/c1-4-5-6-7-8-9-10-14-20(26)25(2)19(15-17-30(3)29)22(28)24-18-13-11-12-16-23-21(18)27/h4,18-19H,1,5-17H2,2-3H3,(H,23,27)(H,24,28)/t18-,19-,30+/m0/s1. The van der Waals surface area contributed by atoms with Crippen LogP contribution in [0, 0.1) is 0 Å². The number of nitrogens with zero attached hydrogens (tertiary/aromatic N) is 1. The molecule has 0 unspecified atom stereocenters. The average molecular weight is 442 g/mol. The first-order chi connectivity index (χ1) is 14.4. The van der Waals surface area contributed by atoms with E-state index < -0.39 is 22.9 Å². The number of amides is 3. The van der Waals surface area contributed by atoms with E-state index in [0.29, 0.717) is 31.6 Å². The van der Waals surface area contributed by atoms with Crippen LogP contribution >= 0.6 is 0 Å². The van der Waals surface area contributed by atoms with Crippen molar-refractivity contribution in [1.29, 1.82) is 0 Å². The number of carbonyl (C=O) groups is 3. The second-order valence-corrected chi connectivity index (χ2v) is 9.58. The lowest BCUT2D eigenvalue weighted by atomic mass is 10.1. The molecule has 3 atom stereocenters. The van der Waals surface area contributed by atoms with Gasteiger partial charge in [-0.05, 0) is 44.9 Å². The van der Waals surface area contributed by atoms with E-state index in [4.69, 9.17) is 0 Å². The Hall–Kier alpha value is -1.70. The first kappa shape index (κ1) is 26.3. The zero-order valence-electron chi connectivity index (χ0n) is 18.6. The van der Waals surface area contributed by atoms with E-state index in [9.17, 15) is 18.6 Å². The summed E-state index contributed by atoms with van der Waals surface area (Å²) < 4.78 is 11.6. The van der Waals surface area contributed by atoms with Crippen molar-refractivity contribution in [3.05, 3.63) is 12.7 Å². The van der Waals surface area contributed by atoms with Gasteiger partial charge in [-0.3, -0.25) is 18.6 Å². The first-order valence-electron chi connectivity index (χ1n) is 11.1. The normalized spacial score (nSPS) is 18.6. The second kappa shape index (κ2) is 15.2. The van der Waals surface area contributed by atoms with Gasteiger partial charge in [0.05, 0.1) is 0 Å². The molecule has 172 valence electrons. The molecule has 0 saturated carbocycles. The highest BCUT2D eigenvalue weighted by atomic mass is 32.2. The summed E-state index contributed by atoms with van der Waals surface area (Å²) in [6.07, 6.45) is 12.7. The van der Waals surface area contributed by atoms with Gasteiger partial charge in [0.25, 0.3) is 0 Å². The zero-order chi connectivity index (χ0) is 22.4. The number of carbonyl (C=O) groups excluding carboxylic acids is 3. The molecule has 1 aliphatic heterocycles. The van der Waals surface area contributed by atoms with Gasteiger partial charge in [0.2, 0.25) is 17.7 Å². The van der Waals surface area contributed by atoms with Gasteiger partial charge in [-0.25, -0.2) is 0 Å². The van der Waals surface area contributed by atoms with Crippen LogP contribution < -0.4 is 10.6 Å². The average Bonchev–Trinajstić information content (AvgIpc) is 2.91. The number of rotatable bonds is 14. The van der Waals surface area contributed by atoms with E-state index in [1.807, 2.05) is 6.08 Å². The summed E-state index contributed by atoms with van der Waals surface area (Å²) in [6.45, 7) is 4.34. The van der Waals surface area contributed by atoms with Gasteiger partial charge in [-0.1, -0.05) is 25.3 Å². The Morgan fingerprint density at radius 2 is 1.97 bits per heavy atom. The zero-order valence-corrected chi connectivity index (χ0v) is 19.4. The van der Waals surface area contributed by atoms with Crippen LogP contribution in [0.15, 0.2) is 12.7 Å². The molecule has 0 aromatic carbocycles. The van der Waals surface area contributed by atoms with Gasteiger partial charge >= 0.3 is 0 Å². The summed E-state index contributed by atoms with van der Waals surface area (Å²) in [4.78, 5) is 39.2. The van der Waals surface area contributed by atoms with Crippen molar-refractivity contribution < 1.29 is 18.6 Å². The summed E-state index contributed by atoms with van der Waals surface area (Å²) in [7, 11) is 0.563. The maximum Gasteiger partial charge on any atom is 0.243 e. The largest absolute Gasteiger partial charge is 0.354 e. The highest BCUT2D eigenvalue weighted by Crippen LogP contribution is 2.13. The molecule has 1 saturated heterocycles. The molecular weight excluding hydrogens is 402 g/mol. The molecule has 1 rings (SSSR count). The minimum absolute atomic E-state index is 0.0894. The lowest BCUT2D eigenvalue weighted by Crippen LogP contribution is -2.53. The molecule has 0 radical (unpaired) electrons. The Labute approximate surface area is 183 Å². The fourth-order valence-corrected chi connectivity index (χ4v) is 4.12. The van der Waals surface area contributed by atoms with Gasteiger partial charge < -0.3 is 15.5 Å². The van der Waals surface area contributed by atoms with E-state index in [-0.39, 0.29) is 17.7 Å². The molecule has 3 amide bonds. The number of hydrogen-bond acceptors (Lipinski definition) is 4. The molecule has 2 N–H and O–H groups in total. The number of unbranched alkanes of at least 4 members (excludes halogenated alkanes) is 5. The van der Waals surface area contributed by atoms with Crippen LogP contribution in [0.5, 0.6) is 0 Å². The van der Waals surface area contributed by atoms with Crippen LogP contribution in [0.2, 0.25) is 0 Å². The molecular formula is C22H39N3O4S. The second-order valence-electron chi connectivity index (χ2n) is 8.03. The third kappa shape index (κ3) is 10.4. The fourth-order valence-electron chi connectivity index (χ4n) is 3.57. The quantitative estimate of drug-likeness (QED) is 0.319. The third-order valence-corrected chi connectivity index (χ3v) is 6.30. The molecule has 7 nitrogen and oxygen atoms in total. The number of nitrogens with one attached hydrogen (secondary N) is 2. The molecule has 8 heteroatoms. The highest BCUT2D eigenvalue weighted by Gasteiger charge is 2.30. The molecule has 1 fully saturated rings. The van der Waals surface area contributed by atoms with Crippen LogP contribution in [0.25, 0.3) is 0 Å². The summed E-state index contributed by atoms with van der Waals surface area (Å²) >= 11 is 0. The molecule has 30 heavy (non-hydrogen) atoms. The van der Waals surface area contributed by atoms with E-state index in [0.717, 1.165) is 51.4 Å².